The summed E-state index contributed by atoms with van der Waals surface area (Å²) in [5.74, 6) is -1.32. The average Bonchev–Trinajstić information content (AvgIpc) is 2.74. The standard InChI is InChI=1S/C22H16BrN3O5/c1-14-4-2-6-17(10-14)22(28)31-20-9-8-15(11-19(20)26(29)30)13-24-25-21(27)16-5-3-7-18(23)12-16/h2-13H,1H3,(H,25,27)/b24-13+. The van der Waals surface area contributed by atoms with Gasteiger partial charge in [0.25, 0.3) is 5.91 Å². The second-order valence-electron chi connectivity index (χ2n) is 6.45. The van der Waals surface area contributed by atoms with Crippen LogP contribution in [0, 0.1) is 17.0 Å². The third-order valence-corrected chi connectivity index (χ3v) is 4.60. The summed E-state index contributed by atoms with van der Waals surface area (Å²) in [7, 11) is 0. The highest BCUT2D eigenvalue weighted by atomic mass is 79.9. The Balaban J connectivity index is 1.74. The van der Waals surface area contributed by atoms with Gasteiger partial charge in [0.2, 0.25) is 5.75 Å². The summed E-state index contributed by atoms with van der Waals surface area (Å²) < 4.78 is 5.96. The molecule has 0 aromatic heterocycles. The van der Waals surface area contributed by atoms with Crippen LogP contribution in [-0.2, 0) is 0 Å². The minimum Gasteiger partial charge on any atom is -0.416 e. The van der Waals surface area contributed by atoms with E-state index in [1.807, 2.05) is 13.0 Å². The van der Waals surface area contributed by atoms with Gasteiger partial charge in [-0.25, -0.2) is 10.2 Å². The Morgan fingerprint density at radius 3 is 2.52 bits per heavy atom. The SMILES string of the molecule is Cc1cccc(C(=O)Oc2ccc(/C=N/NC(=O)c3cccc(Br)c3)cc2[N+](=O)[O-])c1. The first-order valence-corrected chi connectivity index (χ1v) is 9.79. The fourth-order valence-electron chi connectivity index (χ4n) is 2.63. The van der Waals surface area contributed by atoms with Crippen LogP contribution in [0.25, 0.3) is 0 Å². The number of nitro groups is 1. The molecular formula is C22H16BrN3O5. The van der Waals surface area contributed by atoms with Crippen molar-refractivity contribution in [2.24, 2.45) is 5.10 Å². The Morgan fingerprint density at radius 2 is 1.81 bits per heavy atom. The topological polar surface area (TPSA) is 111 Å². The fourth-order valence-corrected chi connectivity index (χ4v) is 3.03. The molecule has 0 aliphatic rings. The van der Waals surface area contributed by atoms with Crippen LogP contribution in [0.3, 0.4) is 0 Å². The monoisotopic (exact) mass is 481 g/mol. The molecule has 8 nitrogen and oxygen atoms in total. The van der Waals surface area contributed by atoms with Crippen molar-refractivity contribution in [3.63, 3.8) is 0 Å². The zero-order valence-corrected chi connectivity index (χ0v) is 17.8. The quantitative estimate of drug-likeness (QED) is 0.181. The third kappa shape index (κ3) is 5.83. The van der Waals surface area contributed by atoms with Crippen molar-refractivity contribution in [1.29, 1.82) is 0 Å². The third-order valence-electron chi connectivity index (χ3n) is 4.10. The molecule has 0 saturated heterocycles. The second kappa shape index (κ2) is 9.77. The number of carbonyl (C=O) groups excluding carboxylic acids is 2. The van der Waals surface area contributed by atoms with Crippen LogP contribution in [0.2, 0.25) is 0 Å². The molecule has 156 valence electrons. The number of ether oxygens (including phenoxy) is 1. The van der Waals surface area contributed by atoms with Gasteiger partial charge in [0, 0.05) is 21.7 Å². The van der Waals surface area contributed by atoms with Crippen LogP contribution in [0.5, 0.6) is 5.75 Å². The number of nitrogens with zero attached hydrogens (tertiary/aromatic N) is 2. The Labute approximate surface area is 185 Å². The van der Waals surface area contributed by atoms with Crippen LogP contribution < -0.4 is 10.2 Å². The summed E-state index contributed by atoms with van der Waals surface area (Å²) in [6.07, 6.45) is 1.26. The average molecular weight is 482 g/mol. The Hall–Kier alpha value is -3.85. The van der Waals surface area contributed by atoms with Crippen LogP contribution in [0.1, 0.15) is 31.8 Å². The van der Waals surface area contributed by atoms with E-state index in [4.69, 9.17) is 4.74 Å². The molecule has 1 N–H and O–H groups in total. The molecule has 3 rings (SSSR count). The number of amides is 1. The van der Waals surface area contributed by atoms with Crippen LogP contribution in [0.15, 0.2) is 76.3 Å². The van der Waals surface area contributed by atoms with Crippen LogP contribution >= 0.6 is 15.9 Å². The lowest BCUT2D eigenvalue weighted by atomic mass is 10.1. The molecule has 0 spiro atoms. The smallest absolute Gasteiger partial charge is 0.343 e. The highest BCUT2D eigenvalue weighted by Gasteiger charge is 2.19. The summed E-state index contributed by atoms with van der Waals surface area (Å²) in [6.45, 7) is 1.82. The molecular weight excluding hydrogens is 466 g/mol. The summed E-state index contributed by atoms with van der Waals surface area (Å²) in [4.78, 5) is 35.2. The largest absolute Gasteiger partial charge is 0.416 e. The van der Waals surface area contributed by atoms with Crippen molar-refractivity contribution in [3.05, 3.63) is 104 Å². The molecule has 0 atom stereocenters. The molecule has 0 fully saturated rings. The number of halogens is 1. The van der Waals surface area contributed by atoms with Gasteiger partial charge in [0.15, 0.2) is 0 Å². The number of benzene rings is 3. The van der Waals surface area contributed by atoms with Gasteiger partial charge in [-0.2, -0.15) is 5.10 Å². The van der Waals surface area contributed by atoms with Gasteiger partial charge in [0.1, 0.15) is 0 Å². The molecule has 0 unspecified atom stereocenters. The molecule has 0 heterocycles. The van der Waals surface area contributed by atoms with E-state index in [-0.39, 0.29) is 11.3 Å². The zero-order chi connectivity index (χ0) is 22.4. The van der Waals surface area contributed by atoms with Gasteiger partial charge in [0.05, 0.1) is 16.7 Å². The molecule has 1 amide bonds. The van der Waals surface area contributed by atoms with Gasteiger partial charge in [-0.3, -0.25) is 14.9 Å². The highest BCUT2D eigenvalue weighted by Crippen LogP contribution is 2.28. The number of hydrogen-bond acceptors (Lipinski definition) is 6. The molecule has 3 aromatic carbocycles. The molecule has 0 saturated carbocycles. The lowest BCUT2D eigenvalue weighted by Crippen LogP contribution is -2.17. The number of nitro benzene ring substituents is 1. The summed E-state index contributed by atoms with van der Waals surface area (Å²) in [5, 5.41) is 15.3. The van der Waals surface area contributed by atoms with Crippen LogP contribution in [0.4, 0.5) is 5.69 Å². The minimum absolute atomic E-state index is 0.188. The van der Waals surface area contributed by atoms with E-state index < -0.39 is 22.5 Å². The van der Waals surface area contributed by atoms with E-state index in [0.29, 0.717) is 11.1 Å². The molecule has 9 heteroatoms. The summed E-state index contributed by atoms with van der Waals surface area (Å²) >= 11 is 3.28. The van der Waals surface area contributed by atoms with Crippen molar-refractivity contribution in [3.8, 4) is 5.75 Å². The lowest BCUT2D eigenvalue weighted by Gasteiger charge is -2.06. The molecule has 31 heavy (non-hydrogen) atoms. The minimum atomic E-state index is -0.700. The number of aryl methyl sites for hydroxylation is 1. The Bertz CT molecular complexity index is 1190. The molecule has 0 radical (unpaired) electrons. The molecule has 0 bridgehead atoms. The number of nitrogens with one attached hydrogen (secondary N) is 1. The van der Waals surface area contributed by atoms with E-state index in [1.165, 1.54) is 24.4 Å². The Kier molecular flexibility index (Phi) is 6.88. The first-order chi connectivity index (χ1) is 14.8. The maximum Gasteiger partial charge on any atom is 0.343 e. The predicted octanol–water partition coefficient (Wildman–Crippen LogP) is 4.65. The number of carbonyl (C=O) groups is 2. The van der Waals surface area contributed by atoms with Crippen molar-refractivity contribution >= 4 is 39.7 Å². The van der Waals surface area contributed by atoms with Crippen molar-refractivity contribution < 1.29 is 19.2 Å². The van der Waals surface area contributed by atoms with Crippen molar-refractivity contribution in [2.45, 2.75) is 6.92 Å². The van der Waals surface area contributed by atoms with Gasteiger partial charge in [-0.1, -0.05) is 39.7 Å². The Morgan fingerprint density at radius 1 is 1.06 bits per heavy atom. The molecule has 0 aliphatic heterocycles. The number of hydrazone groups is 1. The van der Waals surface area contributed by atoms with Crippen LogP contribution in [-0.4, -0.2) is 23.0 Å². The van der Waals surface area contributed by atoms with Gasteiger partial charge >= 0.3 is 11.7 Å². The predicted molar refractivity (Wildman–Crippen MR) is 118 cm³/mol. The molecule has 3 aromatic rings. The molecule has 0 aliphatic carbocycles. The van der Waals surface area contributed by atoms with Gasteiger partial charge in [-0.05, 0) is 49.4 Å². The van der Waals surface area contributed by atoms with E-state index >= 15 is 0 Å². The number of esters is 1. The first kappa shape index (κ1) is 21.8. The summed E-state index contributed by atoms with van der Waals surface area (Å²) in [6, 6.07) is 17.5. The van der Waals surface area contributed by atoms with E-state index in [9.17, 15) is 19.7 Å². The fraction of sp³-hybridized carbons (Fsp3) is 0.0455. The van der Waals surface area contributed by atoms with Crippen molar-refractivity contribution in [1.82, 2.24) is 5.43 Å². The number of hydrogen-bond donors (Lipinski definition) is 1. The lowest BCUT2D eigenvalue weighted by molar-refractivity contribution is -0.385. The van der Waals surface area contributed by atoms with Crippen molar-refractivity contribution in [2.75, 3.05) is 0 Å². The van der Waals surface area contributed by atoms with E-state index in [1.54, 1.807) is 42.5 Å². The van der Waals surface area contributed by atoms with E-state index in [0.717, 1.165) is 10.0 Å². The summed E-state index contributed by atoms with van der Waals surface area (Å²) in [5.41, 5.74) is 3.84. The normalized spacial score (nSPS) is 10.6. The van der Waals surface area contributed by atoms with Gasteiger partial charge in [-0.15, -0.1) is 0 Å². The number of rotatable bonds is 6. The first-order valence-electron chi connectivity index (χ1n) is 9.00. The zero-order valence-electron chi connectivity index (χ0n) is 16.2. The maximum atomic E-state index is 12.3. The maximum absolute atomic E-state index is 12.3. The van der Waals surface area contributed by atoms with Gasteiger partial charge < -0.3 is 4.74 Å². The second-order valence-corrected chi connectivity index (χ2v) is 7.37. The van der Waals surface area contributed by atoms with E-state index in [2.05, 4.69) is 26.5 Å². The highest BCUT2D eigenvalue weighted by molar-refractivity contribution is 9.10.